The monoisotopic (exact) mass is 462 g/mol. The van der Waals surface area contributed by atoms with E-state index in [2.05, 4.69) is 31.2 Å². The van der Waals surface area contributed by atoms with E-state index in [0.717, 1.165) is 6.42 Å². The number of hydrogen-bond acceptors (Lipinski definition) is 3. The molecule has 2 aliphatic rings. The van der Waals surface area contributed by atoms with Gasteiger partial charge in [0.15, 0.2) is 0 Å². The van der Waals surface area contributed by atoms with Gasteiger partial charge in [-0.05, 0) is 35.8 Å². The number of aliphatic hydroxyl groups is 1. The van der Waals surface area contributed by atoms with Crippen molar-refractivity contribution in [2.24, 2.45) is 11.3 Å². The van der Waals surface area contributed by atoms with Crippen LogP contribution < -0.4 is 0 Å². The van der Waals surface area contributed by atoms with Crippen molar-refractivity contribution >= 4 is 11.8 Å². The smallest absolute Gasteiger partial charge is 0.223 e. The van der Waals surface area contributed by atoms with E-state index in [0.29, 0.717) is 45.4 Å². The van der Waals surface area contributed by atoms with Crippen LogP contribution in [0.2, 0.25) is 0 Å². The van der Waals surface area contributed by atoms with E-state index < -0.39 is 11.0 Å². The molecule has 4 rings (SSSR count). The number of β-amino-alcohol motifs (C(OH)–C–C–N with tert-alkyl or cyclic N) is 1. The highest BCUT2D eigenvalue weighted by molar-refractivity contribution is 5.79. The number of carbonyl (C=O) groups is 2. The van der Waals surface area contributed by atoms with Gasteiger partial charge in [0.1, 0.15) is 0 Å². The molecule has 2 fully saturated rings. The van der Waals surface area contributed by atoms with Gasteiger partial charge >= 0.3 is 0 Å². The topological polar surface area (TPSA) is 60.9 Å². The first-order valence-electron chi connectivity index (χ1n) is 12.5. The van der Waals surface area contributed by atoms with Crippen LogP contribution in [0.1, 0.15) is 57.1 Å². The van der Waals surface area contributed by atoms with Crippen molar-refractivity contribution in [2.75, 3.05) is 26.2 Å². The fourth-order valence-electron chi connectivity index (χ4n) is 5.56. The summed E-state index contributed by atoms with van der Waals surface area (Å²) in [5.41, 5.74) is 0.903. The quantitative estimate of drug-likeness (QED) is 0.669. The standard InChI is InChI=1S/C29H38N2O3/c1-22(25-12-8-5-9-13-25)16-26(32)30-15-14-29(34,28(2,3)20-30)21-31-19-24(18-27(31)33)17-23-10-6-4-7-11-23/h4-13,22,24,34H,14-21H2,1-3H3. The highest BCUT2D eigenvalue weighted by atomic mass is 16.3. The van der Waals surface area contributed by atoms with E-state index >= 15 is 0 Å². The average Bonchev–Trinajstić information content (AvgIpc) is 3.15. The lowest BCUT2D eigenvalue weighted by atomic mass is 9.69. The van der Waals surface area contributed by atoms with Gasteiger partial charge in [-0.25, -0.2) is 0 Å². The first kappa shape index (κ1) is 24.5. The first-order valence-corrected chi connectivity index (χ1v) is 12.5. The highest BCUT2D eigenvalue weighted by Crippen LogP contribution is 2.41. The molecule has 34 heavy (non-hydrogen) atoms. The Morgan fingerprint density at radius 3 is 2.38 bits per heavy atom. The molecule has 1 N–H and O–H groups in total. The minimum absolute atomic E-state index is 0.125. The van der Waals surface area contributed by atoms with Gasteiger partial charge in [0.2, 0.25) is 11.8 Å². The van der Waals surface area contributed by atoms with Crippen LogP contribution in [0.5, 0.6) is 0 Å². The number of amides is 2. The maximum atomic E-state index is 13.1. The third-order valence-electron chi connectivity index (χ3n) is 7.96. The van der Waals surface area contributed by atoms with Gasteiger partial charge in [0, 0.05) is 37.9 Å². The second-order valence-electron chi connectivity index (χ2n) is 11.0. The molecule has 0 aliphatic carbocycles. The van der Waals surface area contributed by atoms with Crippen LogP contribution in [-0.4, -0.2) is 58.5 Å². The van der Waals surface area contributed by atoms with Crippen LogP contribution in [0.3, 0.4) is 0 Å². The Labute approximate surface area is 203 Å². The Morgan fingerprint density at radius 1 is 1.09 bits per heavy atom. The summed E-state index contributed by atoms with van der Waals surface area (Å²) in [6.45, 7) is 8.18. The summed E-state index contributed by atoms with van der Waals surface area (Å²) in [7, 11) is 0. The molecule has 182 valence electrons. The normalized spacial score (nSPS) is 25.4. The second-order valence-corrected chi connectivity index (χ2v) is 11.0. The number of nitrogens with zero attached hydrogens (tertiary/aromatic N) is 2. The summed E-state index contributed by atoms with van der Waals surface area (Å²) >= 11 is 0. The van der Waals surface area contributed by atoms with Crippen molar-refractivity contribution in [3.05, 3.63) is 71.8 Å². The molecule has 0 spiro atoms. The Kier molecular flexibility index (Phi) is 7.13. The molecule has 0 bridgehead atoms. The van der Waals surface area contributed by atoms with E-state index in [-0.39, 0.29) is 23.7 Å². The Balaban J connectivity index is 1.35. The molecule has 0 aromatic heterocycles. The van der Waals surface area contributed by atoms with Crippen molar-refractivity contribution in [2.45, 2.75) is 58.0 Å². The zero-order valence-corrected chi connectivity index (χ0v) is 20.7. The van der Waals surface area contributed by atoms with Gasteiger partial charge in [-0.15, -0.1) is 0 Å². The van der Waals surface area contributed by atoms with Crippen LogP contribution in [0.4, 0.5) is 0 Å². The fourth-order valence-corrected chi connectivity index (χ4v) is 5.56. The molecule has 2 heterocycles. The molecular formula is C29H38N2O3. The van der Waals surface area contributed by atoms with Gasteiger partial charge in [0.25, 0.3) is 0 Å². The van der Waals surface area contributed by atoms with Gasteiger partial charge in [-0.3, -0.25) is 9.59 Å². The average molecular weight is 463 g/mol. The lowest BCUT2D eigenvalue weighted by Gasteiger charge is -2.51. The molecule has 2 saturated heterocycles. The molecule has 2 aromatic rings. The number of piperidine rings is 1. The minimum Gasteiger partial charge on any atom is -0.387 e. The van der Waals surface area contributed by atoms with Crippen LogP contribution in [0.15, 0.2) is 60.7 Å². The third-order valence-corrected chi connectivity index (χ3v) is 7.96. The molecule has 0 saturated carbocycles. The van der Waals surface area contributed by atoms with E-state index in [9.17, 15) is 14.7 Å². The molecule has 0 radical (unpaired) electrons. The number of hydrogen-bond donors (Lipinski definition) is 1. The maximum absolute atomic E-state index is 13.1. The number of carbonyl (C=O) groups excluding carboxylic acids is 2. The van der Waals surface area contributed by atoms with E-state index in [4.69, 9.17) is 0 Å². The summed E-state index contributed by atoms with van der Waals surface area (Å²) in [4.78, 5) is 29.6. The minimum atomic E-state index is -1.01. The predicted molar refractivity (Wildman–Crippen MR) is 134 cm³/mol. The summed E-state index contributed by atoms with van der Waals surface area (Å²) in [6, 6.07) is 20.4. The second kappa shape index (κ2) is 9.91. The molecule has 2 amide bonds. The lowest BCUT2D eigenvalue weighted by Crippen LogP contribution is -2.62. The Morgan fingerprint density at radius 2 is 1.74 bits per heavy atom. The molecule has 3 atom stereocenters. The molecule has 5 heteroatoms. The van der Waals surface area contributed by atoms with Gasteiger partial charge in [-0.2, -0.15) is 0 Å². The summed E-state index contributed by atoms with van der Waals surface area (Å²) < 4.78 is 0. The third kappa shape index (κ3) is 5.35. The Hall–Kier alpha value is -2.66. The Bertz CT molecular complexity index is 991. The number of likely N-dealkylation sites (tertiary alicyclic amines) is 2. The van der Waals surface area contributed by atoms with Crippen molar-refractivity contribution in [1.29, 1.82) is 0 Å². The van der Waals surface area contributed by atoms with Gasteiger partial charge in [0.05, 0.1) is 12.1 Å². The van der Waals surface area contributed by atoms with E-state index in [1.54, 1.807) is 0 Å². The van der Waals surface area contributed by atoms with Crippen LogP contribution in [0.25, 0.3) is 0 Å². The molecular weight excluding hydrogens is 424 g/mol. The van der Waals surface area contributed by atoms with Gasteiger partial charge < -0.3 is 14.9 Å². The molecule has 2 aliphatic heterocycles. The van der Waals surface area contributed by atoms with E-state index in [1.165, 1.54) is 11.1 Å². The number of benzene rings is 2. The SMILES string of the molecule is CC(CC(=O)N1CCC(O)(CN2CC(Cc3ccccc3)CC2=O)C(C)(C)C1)c1ccccc1. The van der Waals surface area contributed by atoms with Crippen molar-refractivity contribution < 1.29 is 14.7 Å². The van der Waals surface area contributed by atoms with Gasteiger partial charge in [-0.1, -0.05) is 81.4 Å². The molecule has 3 unspecified atom stereocenters. The largest absolute Gasteiger partial charge is 0.387 e. The van der Waals surface area contributed by atoms with Crippen LogP contribution in [-0.2, 0) is 16.0 Å². The van der Waals surface area contributed by atoms with E-state index in [1.807, 2.05) is 60.0 Å². The first-order chi connectivity index (χ1) is 16.2. The van der Waals surface area contributed by atoms with Crippen LogP contribution in [0, 0.1) is 11.3 Å². The zero-order chi connectivity index (χ0) is 24.3. The summed E-state index contributed by atoms with van der Waals surface area (Å²) in [6.07, 6.45) is 2.36. The zero-order valence-electron chi connectivity index (χ0n) is 20.7. The maximum Gasteiger partial charge on any atom is 0.223 e. The lowest BCUT2D eigenvalue weighted by molar-refractivity contribution is -0.159. The predicted octanol–water partition coefficient (Wildman–Crippen LogP) is 4.26. The van der Waals surface area contributed by atoms with Crippen LogP contribution >= 0.6 is 0 Å². The summed E-state index contributed by atoms with van der Waals surface area (Å²) in [5, 5.41) is 11.7. The molecule has 5 nitrogen and oxygen atoms in total. The van der Waals surface area contributed by atoms with Crippen molar-refractivity contribution in [3.8, 4) is 0 Å². The summed E-state index contributed by atoms with van der Waals surface area (Å²) in [5.74, 6) is 0.691. The van der Waals surface area contributed by atoms with Crippen molar-refractivity contribution in [3.63, 3.8) is 0 Å². The molecule has 2 aromatic carbocycles. The highest BCUT2D eigenvalue weighted by Gasteiger charge is 2.50. The van der Waals surface area contributed by atoms with Crippen molar-refractivity contribution in [1.82, 2.24) is 9.80 Å². The number of rotatable bonds is 7. The fraction of sp³-hybridized carbons (Fsp3) is 0.517.